The average Bonchev–Trinajstić information content (AvgIpc) is 3.30. The van der Waals surface area contributed by atoms with Gasteiger partial charge in [0, 0.05) is 6.54 Å². The van der Waals surface area contributed by atoms with Crippen LogP contribution in [-0.2, 0) is 20.8 Å². The number of carbonyl (C=O) groups excluding carboxylic acids is 3. The van der Waals surface area contributed by atoms with Gasteiger partial charge in [-0.05, 0) is 37.3 Å². The lowest BCUT2D eigenvalue weighted by molar-refractivity contribution is -0.113. The summed E-state index contributed by atoms with van der Waals surface area (Å²) < 4.78 is 17.3. The molecule has 2 aromatic carbocycles. The maximum atomic E-state index is 12.7. The summed E-state index contributed by atoms with van der Waals surface area (Å²) in [5, 5.41) is 11.6. The Morgan fingerprint density at radius 2 is 1.81 bits per heavy atom. The molecule has 36 heavy (non-hydrogen) atoms. The Bertz CT molecular complexity index is 1240. The van der Waals surface area contributed by atoms with Crippen LogP contribution in [0.3, 0.4) is 0 Å². The number of carbonyl (C=O) groups is 3. The molecule has 10 nitrogen and oxygen atoms in total. The first kappa shape index (κ1) is 26.5. The molecule has 0 saturated carbocycles. The Morgan fingerprint density at radius 1 is 1.08 bits per heavy atom. The summed E-state index contributed by atoms with van der Waals surface area (Å²) in [6.07, 6.45) is 1.30. The van der Waals surface area contributed by atoms with Crippen molar-refractivity contribution < 1.29 is 28.6 Å². The highest BCUT2D eigenvalue weighted by Crippen LogP contribution is 2.25. The van der Waals surface area contributed by atoms with Crippen molar-refractivity contribution >= 4 is 35.3 Å². The summed E-state index contributed by atoms with van der Waals surface area (Å²) >= 11 is 1.16. The fourth-order valence-electron chi connectivity index (χ4n) is 3.26. The Kier molecular flexibility index (Phi) is 9.23. The van der Waals surface area contributed by atoms with E-state index in [4.69, 9.17) is 14.2 Å². The van der Waals surface area contributed by atoms with Crippen molar-refractivity contribution in [3.8, 4) is 5.75 Å². The number of ether oxygens (including phenoxy) is 3. The number of methoxy groups -OCH3 is 2. The summed E-state index contributed by atoms with van der Waals surface area (Å²) in [4.78, 5) is 36.8. The van der Waals surface area contributed by atoms with Crippen LogP contribution in [0.5, 0.6) is 5.75 Å². The number of amides is 1. The van der Waals surface area contributed by atoms with Crippen molar-refractivity contribution in [1.29, 1.82) is 0 Å². The van der Waals surface area contributed by atoms with Crippen molar-refractivity contribution in [3.05, 3.63) is 78.1 Å². The normalized spacial score (nSPS) is 11.3. The van der Waals surface area contributed by atoms with Crippen LogP contribution < -0.4 is 10.1 Å². The van der Waals surface area contributed by atoms with Crippen LogP contribution in [0, 0.1) is 0 Å². The third kappa shape index (κ3) is 6.51. The van der Waals surface area contributed by atoms with E-state index in [0.29, 0.717) is 23.3 Å². The van der Waals surface area contributed by atoms with Gasteiger partial charge in [0.25, 0.3) is 0 Å². The minimum atomic E-state index is -0.655. The van der Waals surface area contributed by atoms with Crippen LogP contribution in [0.15, 0.2) is 66.3 Å². The number of benzene rings is 2. The molecule has 1 heterocycles. The minimum absolute atomic E-state index is 0.0355. The maximum absolute atomic E-state index is 12.7. The van der Waals surface area contributed by atoms with Crippen LogP contribution in [0.4, 0.5) is 5.69 Å². The van der Waals surface area contributed by atoms with Gasteiger partial charge in [-0.25, -0.2) is 9.59 Å². The van der Waals surface area contributed by atoms with Crippen molar-refractivity contribution in [2.45, 2.75) is 24.7 Å². The van der Waals surface area contributed by atoms with Crippen molar-refractivity contribution in [2.24, 2.45) is 0 Å². The molecule has 1 N–H and O–H groups in total. The molecule has 0 aliphatic heterocycles. The van der Waals surface area contributed by atoms with Gasteiger partial charge in [0.05, 0.1) is 36.8 Å². The fourth-order valence-corrected chi connectivity index (χ4v) is 4.02. The molecule has 0 spiro atoms. The number of esters is 2. The van der Waals surface area contributed by atoms with E-state index < -0.39 is 23.9 Å². The second-order valence-electron chi connectivity index (χ2n) is 7.39. The van der Waals surface area contributed by atoms with Crippen molar-refractivity contribution in [3.63, 3.8) is 0 Å². The predicted molar refractivity (Wildman–Crippen MR) is 134 cm³/mol. The number of hydrogen-bond acceptors (Lipinski definition) is 9. The summed E-state index contributed by atoms with van der Waals surface area (Å²) in [7, 11) is 2.47. The molecule has 0 saturated heterocycles. The van der Waals surface area contributed by atoms with Gasteiger partial charge < -0.3 is 19.5 Å². The van der Waals surface area contributed by atoms with Gasteiger partial charge in [0.2, 0.25) is 5.91 Å². The number of nitrogens with zero attached hydrogens (tertiary/aromatic N) is 3. The molecule has 0 aliphatic rings. The summed E-state index contributed by atoms with van der Waals surface area (Å²) in [6, 6.07) is 13.5. The molecule has 1 atom stereocenters. The first-order valence-electron chi connectivity index (χ1n) is 10.9. The molecular weight excluding hydrogens is 484 g/mol. The van der Waals surface area contributed by atoms with E-state index in [1.807, 2.05) is 41.8 Å². The Labute approximate surface area is 212 Å². The first-order chi connectivity index (χ1) is 17.4. The number of para-hydroxylation sites is 1. The van der Waals surface area contributed by atoms with Gasteiger partial charge >= 0.3 is 11.9 Å². The number of thioether (sulfide) groups is 1. The highest BCUT2D eigenvalue weighted by Gasteiger charge is 2.21. The quantitative estimate of drug-likeness (QED) is 0.232. The molecule has 1 aromatic heterocycles. The van der Waals surface area contributed by atoms with Gasteiger partial charge in [-0.2, -0.15) is 0 Å². The molecule has 0 fully saturated rings. The van der Waals surface area contributed by atoms with E-state index in [-0.39, 0.29) is 22.6 Å². The number of anilines is 1. The third-order valence-corrected chi connectivity index (χ3v) is 5.90. The molecule has 0 bridgehead atoms. The van der Waals surface area contributed by atoms with E-state index in [2.05, 4.69) is 22.1 Å². The van der Waals surface area contributed by atoms with E-state index >= 15 is 0 Å². The number of allylic oxidation sites excluding steroid dienone is 1. The van der Waals surface area contributed by atoms with Crippen LogP contribution >= 0.6 is 11.8 Å². The summed E-state index contributed by atoms with van der Waals surface area (Å²) in [5.74, 6) is -0.435. The zero-order valence-electron chi connectivity index (χ0n) is 20.1. The Hall–Kier alpha value is -4.12. The Balaban J connectivity index is 1.74. The average molecular weight is 511 g/mol. The molecule has 1 amide bonds. The van der Waals surface area contributed by atoms with Crippen LogP contribution in [-0.4, -0.2) is 52.6 Å². The zero-order chi connectivity index (χ0) is 26.1. The SMILES string of the molecule is C=CCn1c(SCC(=O)Nc2cc(C(=O)OC)ccc2C(=O)OC)nnc1C(C)Oc1ccccc1. The highest BCUT2D eigenvalue weighted by atomic mass is 32.2. The molecule has 1 unspecified atom stereocenters. The van der Waals surface area contributed by atoms with E-state index in [1.54, 1.807) is 6.08 Å². The third-order valence-electron chi connectivity index (χ3n) is 4.93. The topological polar surface area (TPSA) is 122 Å². The lowest BCUT2D eigenvalue weighted by Gasteiger charge is -2.15. The van der Waals surface area contributed by atoms with Crippen LogP contribution in [0.2, 0.25) is 0 Å². The molecular formula is C25H26N4O6S. The van der Waals surface area contributed by atoms with Gasteiger partial charge in [0.15, 0.2) is 17.1 Å². The summed E-state index contributed by atoms with van der Waals surface area (Å²) in [5.41, 5.74) is 0.414. The Morgan fingerprint density at radius 3 is 2.47 bits per heavy atom. The molecule has 11 heteroatoms. The number of rotatable bonds is 11. The first-order valence-corrected chi connectivity index (χ1v) is 11.9. The maximum Gasteiger partial charge on any atom is 0.339 e. The molecule has 0 radical (unpaired) electrons. The largest absolute Gasteiger partial charge is 0.483 e. The van der Waals surface area contributed by atoms with Gasteiger partial charge in [-0.3, -0.25) is 9.36 Å². The van der Waals surface area contributed by atoms with Gasteiger partial charge in [-0.15, -0.1) is 16.8 Å². The summed E-state index contributed by atoms with van der Waals surface area (Å²) in [6.45, 7) is 6.07. The molecule has 0 aliphatic carbocycles. The van der Waals surface area contributed by atoms with Crippen molar-refractivity contribution in [2.75, 3.05) is 25.3 Å². The second-order valence-corrected chi connectivity index (χ2v) is 8.34. The smallest absolute Gasteiger partial charge is 0.339 e. The lowest BCUT2D eigenvalue weighted by atomic mass is 10.1. The minimum Gasteiger partial charge on any atom is -0.483 e. The number of nitrogens with one attached hydrogen (secondary N) is 1. The van der Waals surface area contributed by atoms with Gasteiger partial charge in [-0.1, -0.05) is 36.0 Å². The van der Waals surface area contributed by atoms with E-state index in [9.17, 15) is 14.4 Å². The molecule has 3 aromatic rings. The molecule has 188 valence electrons. The van der Waals surface area contributed by atoms with Crippen molar-refractivity contribution in [1.82, 2.24) is 14.8 Å². The highest BCUT2D eigenvalue weighted by molar-refractivity contribution is 7.99. The number of hydrogen-bond donors (Lipinski definition) is 1. The molecule has 3 rings (SSSR count). The second kappa shape index (κ2) is 12.5. The van der Waals surface area contributed by atoms with Crippen LogP contribution in [0.25, 0.3) is 0 Å². The van der Waals surface area contributed by atoms with Gasteiger partial charge in [0.1, 0.15) is 5.75 Å². The van der Waals surface area contributed by atoms with E-state index in [1.165, 1.54) is 32.4 Å². The standard InChI is InChI=1S/C25H26N4O6S/c1-5-13-29-22(16(2)35-18-9-7-6-8-10-18)27-28-25(29)36-15-21(30)26-20-14-17(23(31)33-3)11-12-19(20)24(32)34-4/h5-12,14,16H,1,13,15H2,2-4H3,(H,26,30). The number of aromatic nitrogens is 3. The fraction of sp³-hybridized carbons (Fsp3) is 0.240. The zero-order valence-corrected chi connectivity index (χ0v) is 20.9. The predicted octanol–water partition coefficient (Wildman–Crippen LogP) is 3.91. The lowest BCUT2D eigenvalue weighted by Crippen LogP contribution is -2.18. The monoisotopic (exact) mass is 510 g/mol. The van der Waals surface area contributed by atoms with E-state index in [0.717, 1.165) is 11.8 Å². The van der Waals surface area contributed by atoms with Crippen LogP contribution in [0.1, 0.15) is 39.6 Å².